The molecule has 0 saturated carbocycles. The van der Waals surface area contributed by atoms with E-state index >= 15 is 0 Å². The van der Waals surface area contributed by atoms with Crippen LogP contribution in [0.1, 0.15) is 30.5 Å². The second-order valence-corrected chi connectivity index (χ2v) is 5.95. The van der Waals surface area contributed by atoms with Crippen LogP contribution in [0.5, 0.6) is 11.5 Å². The predicted octanol–water partition coefficient (Wildman–Crippen LogP) is 4.16. The number of rotatable bonds is 4. The molecule has 0 aromatic heterocycles. The summed E-state index contributed by atoms with van der Waals surface area (Å²) in [5.41, 5.74) is 3.36. The summed E-state index contributed by atoms with van der Waals surface area (Å²) in [6, 6.07) is 14.4. The quantitative estimate of drug-likeness (QED) is 0.825. The lowest BCUT2D eigenvalue weighted by Crippen LogP contribution is -2.32. The first kappa shape index (κ1) is 15.6. The Morgan fingerprint density at radius 3 is 2.61 bits per heavy atom. The molecule has 2 aromatic carbocycles. The fourth-order valence-corrected chi connectivity index (χ4v) is 2.78. The first-order valence-corrected chi connectivity index (χ1v) is 8.10. The molecule has 1 heterocycles. The van der Waals surface area contributed by atoms with Crippen molar-refractivity contribution in [2.24, 2.45) is 0 Å². The van der Waals surface area contributed by atoms with E-state index in [-0.39, 0.29) is 12.8 Å². The van der Waals surface area contributed by atoms with Gasteiger partial charge in [0.05, 0.1) is 6.04 Å². The molecule has 5 heteroatoms. The van der Waals surface area contributed by atoms with Crippen LogP contribution in [0.15, 0.2) is 42.5 Å². The van der Waals surface area contributed by atoms with Gasteiger partial charge in [-0.3, -0.25) is 0 Å². The lowest BCUT2D eigenvalue weighted by molar-refractivity contribution is 0.174. The highest BCUT2D eigenvalue weighted by Gasteiger charge is 2.14. The number of hydrogen-bond acceptors (Lipinski definition) is 3. The molecule has 3 rings (SSSR count). The van der Waals surface area contributed by atoms with E-state index in [0.717, 1.165) is 23.6 Å². The Balaban J connectivity index is 1.64. The van der Waals surface area contributed by atoms with Crippen LogP contribution >= 0.6 is 12.2 Å². The highest BCUT2D eigenvalue weighted by molar-refractivity contribution is 7.80. The van der Waals surface area contributed by atoms with E-state index in [9.17, 15) is 0 Å². The molecule has 1 aliphatic heterocycles. The minimum Gasteiger partial charge on any atom is -0.454 e. The summed E-state index contributed by atoms with van der Waals surface area (Å²) in [6.45, 7) is 4.50. The molecule has 1 atom stereocenters. The van der Waals surface area contributed by atoms with E-state index in [2.05, 4.69) is 48.7 Å². The molecule has 120 valence electrons. The molecular weight excluding hydrogens is 308 g/mol. The number of nitrogens with one attached hydrogen (secondary N) is 2. The highest BCUT2D eigenvalue weighted by atomic mass is 32.1. The summed E-state index contributed by atoms with van der Waals surface area (Å²) < 4.78 is 10.7. The molecule has 2 aromatic rings. The van der Waals surface area contributed by atoms with E-state index in [1.54, 1.807) is 0 Å². The molecule has 0 unspecified atom stereocenters. The lowest BCUT2D eigenvalue weighted by atomic mass is 10.0. The molecule has 1 aliphatic rings. The predicted molar refractivity (Wildman–Crippen MR) is 96.1 cm³/mol. The van der Waals surface area contributed by atoms with Crippen LogP contribution in [-0.4, -0.2) is 11.9 Å². The van der Waals surface area contributed by atoms with Gasteiger partial charge in [-0.1, -0.05) is 36.8 Å². The van der Waals surface area contributed by atoms with E-state index in [1.165, 1.54) is 11.1 Å². The van der Waals surface area contributed by atoms with Crippen LogP contribution in [0.25, 0.3) is 0 Å². The number of hydrogen-bond donors (Lipinski definition) is 2. The molecule has 23 heavy (non-hydrogen) atoms. The van der Waals surface area contributed by atoms with Crippen molar-refractivity contribution in [3.05, 3.63) is 53.6 Å². The van der Waals surface area contributed by atoms with Crippen molar-refractivity contribution in [3.8, 4) is 11.5 Å². The minimum atomic E-state index is 0.185. The fourth-order valence-electron chi connectivity index (χ4n) is 2.52. The summed E-state index contributed by atoms with van der Waals surface area (Å²) in [5.74, 6) is 1.50. The van der Waals surface area contributed by atoms with Crippen LogP contribution < -0.4 is 20.1 Å². The van der Waals surface area contributed by atoms with Gasteiger partial charge in [0, 0.05) is 11.8 Å². The Morgan fingerprint density at radius 2 is 1.87 bits per heavy atom. The van der Waals surface area contributed by atoms with Crippen LogP contribution in [0.3, 0.4) is 0 Å². The first-order valence-electron chi connectivity index (χ1n) is 7.69. The van der Waals surface area contributed by atoms with Crippen molar-refractivity contribution in [1.29, 1.82) is 0 Å². The van der Waals surface area contributed by atoms with Crippen LogP contribution in [0.2, 0.25) is 0 Å². The zero-order valence-electron chi connectivity index (χ0n) is 13.3. The number of aryl methyl sites for hydroxylation is 1. The van der Waals surface area contributed by atoms with E-state index in [0.29, 0.717) is 5.11 Å². The Hall–Kier alpha value is -2.27. The zero-order valence-corrected chi connectivity index (χ0v) is 14.1. The number of anilines is 1. The Labute approximate surface area is 141 Å². The molecule has 2 N–H and O–H groups in total. The summed E-state index contributed by atoms with van der Waals surface area (Å²) in [4.78, 5) is 0. The lowest BCUT2D eigenvalue weighted by Gasteiger charge is -2.20. The monoisotopic (exact) mass is 328 g/mol. The maximum absolute atomic E-state index is 5.44. The molecule has 0 radical (unpaired) electrons. The molecular formula is C18H20N2O2S. The van der Waals surface area contributed by atoms with Crippen molar-refractivity contribution in [1.82, 2.24) is 5.32 Å². The maximum Gasteiger partial charge on any atom is 0.231 e. The molecule has 4 nitrogen and oxygen atoms in total. The maximum atomic E-state index is 5.44. The zero-order chi connectivity index (χ0) is 16.2. The average molecular weight is 328 g/mol. The number of fused-ring (bicyclic) bond motifs is 1. The molecule has 0 amide bonds. The Kier molecular flexibility index (Phi) is 4.67. The topological polar surface area (TPSA) is 42.5 Å². The van der Waals surface area contributed by atoms with Gasteiger partial charge in [-0.05, 0) is 43.3 Å². The smallest absolute Gasteiger partial charge is 0.231 e. The summed E-state index contributed by atoms with van der Waals surface area (Å²) in [7, 11) is 0. The SMILES string of the molecule is CC[C@H](NC(=S)Nc1ccc2c(c1)OCO2)c1ccc(C)cc1. The van der Waals surface area contributed by atoms with Gasteiger partial charge in [0.2, 0.25) is 6.79 Å². The normalized spacial score (nSPS) is 13.5. The van der Waals surface area contributed by atoms with Crippen LogP contribution in [-0.2, 0) is 0 Å². The van der Waals surface area contributed by atoms with Crippen LogP contribution in [0, 0.1) is 6.92 Å². The summed E-state index contributed by atoms with van der Waals surface area (Å²) >= 11 is 5.44. The Bertz CT molecular complexity index is 701. The van der Waals surface area contributed by atoms with Gasteiger partial charge < -0.3 is 20.1 Å². The third kappa shape index (κ3) is 3.74. The largest absolute Gasteiger partial charge is 0.454 e. The van der Waals surface area contributed by atoms with Gasteiger partial charge >= 0.3 is 0 Å². The first-order chi connectivity index (χ1) is 11.2. The molecule has 0 aliphatic carbocycles. The highest BCUT2D eigenvalue weighted by Crippen LogP contribution is 2.34. The third-order valence-corrected chi connectivity index (χ3v) is 4.04. The third-order valence-electron chi connectivity index (χ3n) is 3.82. The minimum absolute atomic E-state index is 0.185. The van der Waals surface area contributed by atoms with Crippen molar-refractivity contribution in [2.75, 3.05) is 12.1 Å². The number of ether oxygens (including phenoxy) is 2. The molecule has 0 spiro atoms. The number of benzene rings is 2. The average Bonchev–Trinajstić information content (AvgIpc) is 3.01. The van der Waals surface area contributed by atoms with Gasteiger partial charge in [0.25, 0.3) is 0 Å². The van der Waals surface area contributed by atoms with E-state index in [4.69, 9.17) is 21.7 Å². The second kappa shape index (κ2) is 6.87. The van der Waals surface area contributed by atoms with Crippen molar-refractivity contribution < 1.29 is 9.47 Å². The van der Waals surface area contributed by atoms with Crippen LogP contribution in [0.4, 0.5) is 5.69 Å². The molecule has 0 fully saturated rings. The fraction of sp³-hybridized carbons (Fsp3) is 0.278. The van der Waals surface area contributed by atoms with Gasteiger partial charge in [0.1, 0.15) is 0 Å². The number of thiocarbonyl (C=S) groups is 1. The summed E-state index contributed by atoms with van der Waals surface area (Å²) in [5, 5.41) is 7.16. The van der Waals surface area contributed by atoms with E-state index in [1.807, 2.05) is 18.2 Å². The van der Waals surface area contributed by atoms with Gasteiger partial charge in [-0.2, -0.15) is 0 Å². The second-order valence-electron chi connectivity index (χ2n) is 5.54. The molecule has 0 saturated heterocycles. The van der Waals surface area contributed by atoms with Crippen molar-refractivity contribution in [3.63, 3.8) is 0 Å². The van der Waals surface area contributed by atoms with E-state index < -0.39 is 0 Å². The van der Waals surface area contributed by atoms with Gasteiger partial charge in [-0.15, -0.1) is 0 Å². The van der Waals surface area contributed by atoms with Crippen molar-refractivity contribution in [2.45, 2.75) is 26.3 Å². The standard InChI is InChI=1S/C18H20N2O2S/c1-3-15(13-6-4-12(2)5-7-13)20-18(23)19-14-8-9-16-17(10-14)22-11-21-16/h4-10,15H,3,11H2,1-2H3,(H2,19,20,23)/t15-/m0/s1. The summed E-state index contributed by atoms with van der Waals surface area (Å²) in [6.07, 6.45) is 0.950. The van der Waals surface area contributed by atoms with Crippen molar-refractivity contribution >= 4 is 23.0 Å². The Morgan fingerprint density at radius 1 is 1.13 bits per heavy atom. The van der Waals surface area contributed by atoms with Gasteiger partial charge in [-0.25, -0.2) is 0 Å². The van der Waals surface area contributed by atoms with Gasteiger partial charge in [0.15, 0.2) is 16.6 Å². The molecule has 0 bridgehead atoms.